The van der Waals surface area contributed by atoms with E-state index < -0.39 is 30.3 Å². The zero-order valence-corrected chi connectivity index (χ0v) is 23.9. The standard InChI is InChI=1S/C31H35ClF3NO4/c1-18-10-11-24-28(2,3)25-16-30(18,24)13-12-29(25,4)40-27(38)20-14-22(36-26(37)19-8-6-5-7-9-19)21(32)15-23(20)39-17-31(33,34)35/h5-9,14-15,18,24-25H,10-13,16-17H2,1-4H3,(H,36,37)/t18-,24+,25-,29-,30+/m1/s1. The van der Waals surface area contributed by atoms with Crippen LogP contribution < -0.4 is 10.1 Å². The molecular weight excluding hydrogens is 543 g/mol. The quantitative estimate of drug-likeness (QED) is 0.351. The molecule has 0 heterocycles. The summed E-state index contributed by atoms with van der Waals surface area (Å²) in [5.41, 5.74) is -0.407. The normalized spacial score (nSPS) is 30.4. The lowest BCUT2D eigenvalue weighted by Crippen LogP contribution is -2.47. The minimum atomic E-state index is -4.63. The molecule has 5 rings (SSSR count). The number of amides is 1. The number of anilines is 1. The zero-order valence-electron chi connectivity index (χ0n) is 23.2. The van der Waals surface area contributed by atoms with Gasteiger partial charge in [0, 0.05) is 17.5 Å². The second-order valence-corrected chi connectivity index (χ2v) is 13.0. The van der Waals surface area contributed by atoms with Gasteiger partial charge in [0.2, 0.25) is 0 Å². The van der Waals surface area contributed by atoms with Crippen molar-refractivity contribution in [2.24, 2.45) is 28.6 Å². The fourth-order valence-electron chi connectivity index (χ4n) is 8.12. The molecule has 0 aromatic heterocycles. The van der Waals surface area contributed by atoms with Crippen molar-refractivity contribution in [2.45, 2.75) is 71.6 Å². The Bertz CT molecular complexity index is 1310. The highest BCUT2D eigenvalue weighted by Crippen LogP contribution is 2.73. The van der Waals surface area contributed by atoms with Crippen LogP contribution >= 0.6 is 11.6 Å². The Kier molecular flexibility index (Phi) is 7.17. The Morgan fingerprint density at radius 1 is 1.05 bits per heavy atom. The smallest absolute Gasteiger partial charge is 0.422 e. The van der Waals surface area contributed by atoms with Crippen molar-refractivity contribution in [1.29, 1.82) is 0 Å². The number of carbonyl (C=O) groups excluding carboxylic acids is 2. The Hall–Kier alpha value is -2.74. The van der Waals surface area contributed by atoms with Gasteiger partial charge in [-0.05, 0) is 79.9 Å². The van der Waals surface area contributed by atoms with Crippen molar-refractivity contribution in [3.63, 3.8) is 0 Å². The van der Waals surface area contributed by atoms with E-state index in [0.29, 0.717) is 23.8 Å². The Morgan fingerprint density at radius 3 is 2.42 bits per heavy atom. The Morgan fingerprint density at radius 2 is 1.75 bits per heavy atom. The predicted molar refractivity (Wildman–Crippen MR) is 147 cm³/mol. The van der Waals surface area contributed by atoms with E-state index in [0.717, 1.165) is 25.3 Å². The summed E-state index contributed by atoms with van der Waals surface area (Å²) in [4.78, 5) is 26.5. The van der Waals surface area contributed by atoms with Gasteiger partial charge in [-0.2, -0.15) is 13.2 Å². The number of halogens is 4. The van der Waals surface area contributed by atoms with Gasteiger partial charge in [-0.3, -0.25) is 4.79 Å². The Balaban J connectivity index is 1.45. The molecule has 1 N–H and O–H groups in total. The van der Waals surface area contributed by atoms with E-state index in [1.165, 1.54) is 12.5 Å². The number of nitrogens with one attached hydrogen (secondary N) is 1. The predicted octanol–water partition coefficient (Wildman–Crippen LogP) is 8.32. The molecule has 2 aromatic carbocycles. The van der Waals surface area contributed by atoms with E-state index in [9.17, 15) is 22.8 Å². The number of ether oxygens (including phenoxy) is 2. The molecule has 3 aliphatic carbocycles. The molecule has 5 nitrogen and oxygen atoms in total. The van der Waals surface area contributed by atoms with Crippen LogP contribution in [-0.4, -0.2) is 30.3 Å². The minimum absolute atomic E-state index is 0.0548. The molecule has 3 fully saturated rings. The van der Waals surface area contributed by atoms with Gasteiger partial charge in [0.05, 0.1) is 10.7 Å². The van der Waals surface area contributed by atoms with Crippen LogP contribution in [0.3, 0.4) is 0 Å². The first-order chi connectivity index (χ1) is 18.7. The third-order valence-electron chi connectivity index (χ3n) is 10.1. The summed E-state index contributed by atoms with van der Waals surface area (Å²) in [6, 6.07) is 10.7. The van der Waals surface area contributed by atoms with E-state index in [1.807, 2.05) is 6.92 Å². The first-order valence-corrected chi connectivity index (χ1v) is 14.2. The first kappa shape index (κ1) is 28.8. The Labute approximate surface area is 237 Å². The molecule has 0 unspecified atom stereocenters. The molecule has 2 aromatic rings. The van der Waals surface area contributed by atoms with E-state index >= 15 is 0 Å². The fourth-order valence-corrected chi connectivity index (χ4v) is 8.32. The SMILES string of the molecule is C[C@@H]1CC[C@H]2C(C)(C)[C@H]3C[C@@]12CC[C@@]3(C)OC(=O)c1cc(NC(=O)c2ccccc2)c(Cl)cc1OCC(F)(F)F. The highest BCUT2D eigenvalue weighted by atomic mass is 35.5. The lowest BCUT2D eigenvalue weighted by Gasteiger charge is -2.46. The number of carbonyl (C=O) groups is 2. The van der Waals surface area contributed by atoms with Crippen LogP contribution in [0.15, 0.2) is 42.5 Å². The second kappa shape index (κ2) is 9.97. The number of esters is 1. The number of alkyl halides is 3. The van der Waals surface area contributed by atoms with E-state index in [-0.39, 0.29) is 38.8 Å². The molecular formula is C31H35ClF3NO4. The van der Waals surface area contributed by atoms with Gasteiger partial charge in [-0.15, -0.1) is 0 Å². The van der Waals surface area contributed by atoms with Gasteiger partial charge < -0.3 is 14.8 Å². The molecule has 216 valence electrons. The molecule has 1 amide bonds. The van der Waals surface area contributed by atoms with Gasteiger partial charge in [0.25, 0.3) is 5.91 Å². The summed E-state index contributed by atoms with van der Waals surface area (Å²) >= 11 is 6.33. The molecule has 3 saturated carbocycles. The number of hydrogen-bond acceptors (Lipinski definition) is 4. The highest BCUT2D eigenvalue weighted by Gasteiger charge is 2.69. The number of fused-ring (bicyclic) bond motifs is 1. The maximum Gasteiger partial charge on any atom is 0.422 e. The fraction of sp³-hybridized carbons (Fsp3) is 0.548. The molecule has 9 heteroatoms. The lowest BCUT2D eigenvalue weighted by atomic mass is 9.64. The maximum absolute atomic E-state index is 13.7. The van der Waals surface area contributed by atoms with Crippen molar-refractivity contribution in [3.8, 4) is 5.75 Å². The van der Waals surface area contributed by atoms with Crippen LogP contribution in [0.5, 0.6) is 5.75 Å². The third-order valence-corrected chi connectivity index (χ3v) is 10.4. The molecule has 3 aliphatic rings. The van der Waals surface area contributed by atoms with Crippen molar-refractivity contribution in [1.82, 2.24) is 0 Å². The van der Waals surface area contributed by atoms with Gasteiger partial charge in [0.15, 0.2) is 6.61 Å². The number of rotatable bonds is 6. The van der Waals surface area contributed by atoms with Gasteiger partial charge in [-0.25, -0.2) is 4.79 Å². The van der Waals surface area contributed by atoms with Crippen LogP contribution in [0.25, 0.3) is 0 Å². The van der Waals surface area contributed by atoms with Crippen molar-refractivity contribution < 1.29 is 32.2 Å². The summed E-state index contributed by atoms with van der Waals surface area (Å²) < 4.78 is 50.4. The van der Waals surface area contributed by atoms with Crippen molar-refractivity contribution in [2.75, 3.05) is 11.9 Å². The third kappa shape index (κ3) is 4.97. The van der Waals surface area contributed by atoms with E-state index in [1.54, 1.807) is 30.3 Å². The molecule has 0 aliphatic heterocycles. The molecule has 2 bridgehead atoms. The average molecular weight is 578 g/mol. The van der Waals surface area contributed by atoms with Crippen molar-refractivity contribution in [3.05, 3.63) is 58.6 Å². The lowest BCUT2D eigenvalue weighted by molar-refractivity contribution is -0.153. The van der Waals surface area contributed by atoms with E-state index in [2.05, 4.69) is 26.1 Å². The summed E-state index contributed by atoms with van der Waals surface area (Å²) in [7, 11) is 0. The largest absolute Gasteiger partial charge is 0.483 e. The molecule has 0 radical (unpaired) electrons. The monoisotopic (exact) mass is 577 g/mol. The van der Waals surface area contributed by atoms with Gasteiger partial charge in [-0.1, -0.05) is 50.6 Å². The molecule has 40 heavy (non-hydrogen) atoms. The number of hydrogen-bond donors (Lipinski definition) is 1. The van der Waals surface area contributed by atoms with Crippen LogP contribution in [0.4, 0.5) is 18.9 Å². The molecule has 1 spiro atoms. The van der Waals surface area contributed by atoms with Gasteiger partial charge >= 0.3 is 12.1 Å². The molecule has 5 atom stereocenters. The second-order valence-electron chi connectivity index (χ2n) is 12.6. The maximum atomic E-state index is 13.7. The molecule has 0 saturated heterocycles. The summed E-state index contributed by atoms with van der Waals surface area (Å²) in [6.07, 6.45) is 0.327. The van der Waals surface area contributed by atoms with Crippen molar-refractivity contribution >= 4 is 29.2 Å². The number of benzene rings is 2. The van der Waals surface area contributed by atoms with Crippen LogP contribution in [0.2, 0.25) is 5.02 Å². The zero-order chi connectivity index (χ0) is 29.1. The van der Waals surface area contributed by atoms with Crippen LogP contribution in [0.1, 0.15) is 80.5 Å². The first-order valence-electron chi connectivity index (χ1n) is 13.8. The summed E-state index contributed by atoms with van der Waals surface area (Å²) in [5, 5.41) is 2.58. The summed E-state index contributed by atoms with van der Waals surface area (Å²) in [5.74, 6) is -0.378. The highest BCUT2D eigenvalue weighted by molar-refractivity contribution is 6.34. The van der Waals surface area contributed by atoms with Crippen LogP contribution in [-0.2, 0) is 4.74 Å². The minimum Gasteiger partial charge on any atom is -0.483 e. The van der Waals surface area contributed by atoms with Crippen LogP contribution in [0, 0.1) is 28.6 Å². The summed E-state index contributed by atoms with van der Waals surface area (Å²) in [6.45, 7) is 7.19. The van der Waals surface area contributed by atoms with Gasteiger partial charge in [0.1, 0.15) is 16.9 Å². The topological polar surface area (TPSA) is 64.6 Å². The van der Waals surface area contributed by atoms with E-state index in [4.69, 9.17) is 21.1 Å². The average Bonchev–Trinajstić information content (AvgIpc) is 3.31.